The van der Waals surface area contributed by atoms with Crippen LogP contribution in [0.4, 0.5) is 17.6 Å². The minimum absolute atomic E-state index is 0. The number of aliphatic carboxylic acids is 1. The third-order valence-electron chi connectivity index (χ3n) is 7.27. The van der Waals surface area contributed by atoms with E-state index in [0.717, 1.165) is 12.1 Å². The maximum atomic E-state index is 14.1. The molecule has 1 heterocycles. The van der Waals surface area contributed by atoms with E-state index in [1.54, 1.807) is 53.1 Å². The Labute approximate surface area is 291 Å². The molecule has 0 aliphatic rings. The van der Waals surface area contributed by atoms with Gasteiger partial charge >= 0.3 is 35.7 Å². The fourth-order valence-electron chi connectivity index (χ4n) is 5.28. The van der Waals surface area contributed by atoms with Gasteiger partial charge in [0.2, 0.25) is 0 Å². The molecule has 0 aliphatic carbocycles. The summed E-state index contributed by atoms with van der Waals surface area (Å²) in [5.41, 5.74) is 2.17. The molecule has 4 rings (SSSR count). The van der Waals surface area contributed by atoms with Crippen molar-refractivity contribution in [3.8, 4) is 22.3 Å². The summed E-state index contributed by atoms with van der Waals surface area (Å²) in [6.45, 7) is 3.45. The van der Waals surface area contributed by atoms with Crippen molar-refractivity contribution < 1.29 is 72.0 Å². The molecule has 0 spiro atoms. The number of alkyl halides is 3. The van der Waals surface area contributed by atoms with Crippen molar-refractivity contribution in [3.63, 3.8) is 0 Å². The minimum atomic E-state index is -4.55. The molecule has 0 bridgehead atoms. The van der Waals surface area contributed by atoms with E-state index in [9.17, 15) is 42.5 Å². The van der Waals surface area contributed by atoms with Crippen molar-refractivity contribution in [2.75, 3.05) is 0 Å². The first-order chi connectivity index (χ1) is 21.8. The number of aliphatic hydroxyl groups excluding tert-OH is 2. The molecule has 0 unspecified atom stereocenters. The van der Waals surface area contributed by atoms with Crippen LogP contribution < -0.4 is 40.0 Å². The maximum Gasteiger partial charge on any atom is 1.00 e. The first-order valence-corrected chi connectivity index (χ1v) is 14.5. The number of halogens is 4. The summed E-state index contributed by atoms with van der Waals surface area (Å²) >= 11 is 0. The number of nitrogens with one attached hydrogen (secondary N) is 1. The van der Waals surface area contributed by atoms with Crippen LogP contribution in [0.25, 0.3) is 28.3 Å². The fraction of sp³-hybridized carbons (Fsp3) is 0.257. The van der Waals surface area contributed by atoms with Gasteiger partial charge < -0.3 is 30.0 Å². The first-order valence-electron chi connectivity index (χ1n) is 14.5. The Hall–Kier alpha value is -3.74. The molecule has 7 nitrogen and oxygen atoms in total. The summed E-state index contributed by atoms with van der Waals surface area (Å²) in [5, 5.41) is 34.3. The fourth-order valence-corrected chi connectivity index (χ4v) is 5.28. The zero-order valence-electron chi connectivity index (χ0n) is 26.1. The number of amides is 1. The van der Waals surface area contributed by atoms with Gasteiger partial charge in [0, 0.05) is 48.2 Å². The summed E-state index contributed by atoms with van der Waals surface area (Å²) in [7, 11) is 0. The predicted octanol–water partition coefficient (Wildman–Crippen LogP) is 2.76. The third kappa shape index (κ3) is 9.65. The summed E-state index contributed by atoms with van der Waals surface area (Å²) in [6, 6.07) is 18.8. The quantitative estimate of drug-likeness (QED) is 0.160. The molecule has 2 atom stereocenters. The Morgan fingerprint density at radius 1 is 0.936 bits per heavy atom. The second-order valence-corrected chi connectivity index (χ2v) is 11.1. The number of hydrogen-bond donors (Lipinski definition) is 3. The number of hydrogen-bond acceptors (Lipinski definition) is 5. The van der Waals surface area contributed by atoms with E-state index in [2.05, 4.69) is 5.32 Å². The van der Waals surface area contributed by atoms with Crippen molar-refractivity contribution >= 4 is 18.0 Å². The number of carbonyl (C=O) groups is 2. The van der Waals surface area contributed by atoms with E-state index >= 15 is 0 Å². The number of rotatable bonds is 12. The van der Waals surface area contributed by atoms with Crippen LogP contribution in [0.2, 0.25) is 0 Å². The van der Waals surface area contributed by atoms with Crippen LogP contribution in [0.3, 0.4) is 0 Å². The van der Waals surface area contributed by atoms with Gasteiger partial charge in [-0.05, 0) is 60.9 Å². The van der Waals surface area contributed by atoms with E-state index in [1.165, 1.54) is 30.3 Å². The van der Waals surface area contributed by atoms with E-state index in [4.69, 9.17) is 0 Å². The second kappa shape index (κ2) is 16.4. The molecule has 242 valence electrons. The molecular weight excluding hydrogens is 627 g/mol. The molecule has 0 saturated carbocycles. The normalized spacial score (nSPS) is 13.0. The molecule has 12 heteroatoms. The smallest absolute Gasteiger partial charge is 0.550 e. The first kappa shape index (κ1) is 37.7. The van der Waals surface area contributed by atoms with E-state index in [0.29, 0.717) is 27.9 Å². The third-order valence-corrected chi connectivity index (χ3v) is 7.27. The molecule has 0 radical (unpaired) electrons. The van der Waals surface area contributed by atoms with Crippen LogP contribution in [-0.4, -0.2) is 38.9 Å². The van der Waals surface area contributed by atoms with Crippen molar-refractivity contribution in [2.24, 2.45) is 0 Å². The molecule has 1 amide bonds. The van der Waals surface area contributed by atoms with Crippen LogP contribution in [0.15, 0.2) is 84.9 Å². The molecule has 47 heavy (non-hydrogen) atoms. The SMILES string of the molecule is CC(C)n1c(/C=C/[C@@H](O)C[C@@H](O)CC(=O)[O-])c(-c2ccc(F)cc2)c(-c2ccccc2)c1C(=O)NCc1cccc(C(F)(F)F)c1.[Na+]. The van der Waals surface area contributed by atoms with Crippen LogP contribution in [0, 0.1) is 5.82 Å². The van der Waals surface area contributed by atoms with Gasteiger partial charge in [-0.15, -0.1) is 0 Å². The molecule has 3 aromatic carbocycles. The number of carbonyl (C=O) groups excluding carboxylic acids is 2. The molecule has 1 aromatic heterocycles. The van der Waals surface area contributed by atoms with Crippen molar-refractivity contribution in [1.82, 2.24) is 9.88 Å². The summed E-state index contributed by atoms with van der Waals surface area (Å²) < 4.78 is 55.7. The largest absolute Gasteiger partial charge is 1.00 e. The van der Waals surface area contributed by atoms with E-state index < -0.39 is 48.1 Å². The number of aromatic nitrogens is 1. The van der Waals surface area contributed by atoms with Crippen molar-refractivity contribution in [3.05, 3.63) is 113 Å². The van der Waals surface area contributed by atoms with Gasteiger partial charge in [0.15, 0.2) is 0 Å². The van der Waals surface area contributed by atoms with Gasteiger partial charge in [-0.2, -0.15) is 13.2 Å². The van der Waals surface area contributed by atoms with E-state index in [-0.39, 0.29) is 59.8 Å². The average Bonchev–Trinajstić information content (AvgIpc) is 3.34. The zero-order valence-corrected chi connectivity index (χ0v) is 28.1. The Balaban J connectivity index is 0.00000600. The molecule has 4 aromatic rings. The zero-order chi connectivity index (χ0) is 33.6. The van der Waals surface area contributed by atoms with Gasteiger partial charge in [-0.25, -0.2) is 4.39 Å². The van der Waals surface area contributed by atoms with Gasteiger partial charge in [0.05, 0.1) is 17.8 Å². The number of carboxylic acids is 1. The van der Waals surface area contributed by atoms with Crippen LogP contribution >= 0.6 is 0 Å². The average molecular weight is 661 g/mol. The number of carboxylic acid groups (broad SMARTS) is 1. The second-order valence-electron chi connectivity index (χ2n) is 11.1. The molecule has 0 fully saturated rings. The molecule has 3 N–H and O–H groups in total. The Kier molecular flexibility index (Phi) is 13.1. The van der Waals surface area contributed by atoms with Crippen molar-refractivity contribution in [1.29, 1.82) is 0 Å². The van der Waals surface area contributed by atoms with Gasteiger partial charge in [-0.3, -0.25) is 4.79 Å². The summed E-state index contributed by atoms with van der Waals surface area (Å²) in [4.78, 5) is 24.9. The molecule has 0 aliphatic heterocycles. The van der Waals surface area contributed by atoms with Crippen LogP contribution in [0.1, 0.15) is 60.0 Å². The van der Waals surface area contributed by atoms with Crippen molar-refractivity contribution in [2.45, 2.75) is 57.7 Å². The van der Waals surface area contributed by atoms with Gasteiger partial charge in [0.1, 0.15) is 11.5 Å². The Morgan fingerprint density at radius 3 is 2.17 bits per heavy atom. The van der Waals surface area contributed by atoms with E-state index in [1.807, 2.05) is 13.8 Å². The number of aliphatic hydroxyl groups is 2. The van der Waals surface area contributed by atoms with Crippen LogP contribution in [-0.2, 0) is 17.5 Å². The van der Waals surface area contributed by atoms with Gasteiger partial charge in [0.25, 0.3) is 5.91 Å². The monoisotopic (exact) mass is 660 g/mol. The molecule has 0 saturated heterocycles. The maximum absolute atomic E-state index is 14.1. The molecular formula is C35H33F4N2NaO5. The summed E-state index contributed by atoms with van der Waals surface area (Å²) in [5.74, 6) is -2.54. The number of nitrogens with zero attached hydrogens (tertiary/aromatic N) is 1. The number of benzene rings is 3. The Bertz CT molecular complexity index is 1700. The van der Waals surface area contributed by atoms with Gasteiger partial charge in [-0.1, -0.05) is 60.7 Å². The standard InChI is InChI=1S/C35H34F4N2O5.Na/c1-21(2)41-29(16-15-27(42)18-28(43)19-30(44)45)31(24-11-13-26(36)14-12-24)32(23-8-4-3-5-9-23)33(41)34(46)40-20-22-7-6-10-25(17-22)35(37,38)39;/h3-17,21,27-28,42-43H,18-20H2,1-2H3,(H,40,46)(H,44,45);/q;+1/p-1/b16-15+;/t27-,28-;/m1./s1. The predicted molar refractivity (Wildman–Crippen MR) is 164 cm³/mol. The topological polar surface area (TPSA) is 115 Å². The van der Waals surface area contributed by atoms with Crippen LogP contribution in [0.5, 0.6) is 0 Å². The Morgan fingerprint density at radius 2 is 1.57 bits per heavy atom. The minimum Gasteiger partial charge on any atom is -0.550 e. The summed E-state index contributed by atoms with van der Waals surface area (Å²) in [6.07, 6.45) is -5.25.